The van der Waals surface area contributed by atoms with E-state index in [0.29, 0.717) is 0 Å². The van der Waals surface area contributed by atoms with Gasteiger partial charge >= 0.3 is 160 Å². The Morgan fingerprint density at radius 3 is 1.48 bits per heavy atom. The Kier molecular flexibility index (Phi) is 9.57. The maximum atomic E-state index is 10.1. The third-order valence-corrected chi connectivity index (χ3v) is 9.94. The van der Waals surface area contributed by atoms with Crippen molar-refractivity contribution in [3.05, 3.63) is 71.8 Å². The van der Waals surface area contributed by atoms with Crippen LogP contribution in [0.2, 0.25) is 8.94 Å². The molecule has 0 aromatic heterocycles. The molecular formula is C18H22O3Te2. The fourth-order valence-electron chi connectivity index (χ4n) is 2.11. The van der Waals surface area contributed by atoms with E-state index in [0.717, 1.165) is 32.9 Å². The Bertz CT molecular complexity index is 487. The molecule has 23 heavy (non-hydrogen) atoms. The Balaban J connectivity index is 1.51. The summed E-state index contributed by atoms with van der Waals surface area (Å²) in [5, 5.41) is 20.1. The van der Waals surface area contributed by atoms with Gasteiger partial charge in [-0.25, -0.2) is 0 Å². The predicted molar refractivity (Wildman–Crippen MR) is 94.2 cm³/mol. The molecule has 2 aromatic carbocycles. The van der Waals surface area contributed by atoms with E-state index < -0.39 is 42.7 Å². The van der Waals surface area contributed by atoms with E-state index in [4.69, 9.17) is 1.47 Å². The molecule has 0 saturated carbocycles. The van der Waals surface area contributed by atoms with Gasteiger partial charge in [0.25, 0.3) is 0 Å². The van der Waals surface area contributed by atoms with Gasteiger partial charge in [-0.15, -0.1) is 0 Å². The van der Waals surface area contributed by atoms with E-state index >= 15 is 0 Å². The van der Waals surface area contributed by atoms with Gasteiger partial charge in [0.05, 0.1) is 0 Å². The van der Waals surface area contributed by atoms with E-state index in [2.05, 4.69) is 0 Å². The Labute approximate surface area is 159 Å². The Morgan fingerprint density at radius 2 is 1.09 bits per heavy atom. The van der Waals surface area contributed by atoms with E-state index in [1.54, 1.807) is 0 Å². The van der Waals surface area contributed by atoms with Gasteiger partial charge in [-0.1, -0.05) is 0 Å². The summed E-state index contributed by atoms with van der Waals surface area (Å²) in [7, 11) is 0. The Hall–Kier alpha value is -0.101. The second-order valence-electron chi connectivity index (χ2n) is 5.14. The molecule has 0 radical (unpaired) electrons. The first kappa shape index (κ1) is 19.2. The number of rotatable bonds is 10. The van der Waals surface area contributed by atoms with Gasteiger partial charge in [0.1, 0.15) is 0 Å². The first-order valence-electron chi connectivity index (χ1n) is 7.64. The van der Waals surface area contributed by atoms with Crippen molar-refractivity contribution in [2.75, 3.05) is 0 Å². The predicted octanol–water partition coefficient (Wildman–Crippen LogP) is 3.33. The summed E-state index contributed by atoms with van der Waals surface area (Å²) in [4.78, 5) is 0. The third-order valence-electron chi connectivity index (χ3n) is 3.41. The molecule has 0 saturated heterocycles. The molecule has 0 amide bonds. The second kappa shape index (κ2) is 11.5. The van der Waals surface area contributed by atoms with E-state index in [9.17, 15) is 10.2 Å². The Morgan fingerprint density at radius 1 is 0.696 bits per heavy atom. The van der Waals surface area contributed by atoms with Crippen LogP contribution in [0.5, 0.6) is 0 Å². The normalized spacial score (nSPS) is 13.7. The van der Waals surface area contributed by atoms with Crippen LogP contribution in [0.25, 0.3) is 0 Å². The van der Waals surface area contributed by atoms with Gasteiger partial charge in [0, 0.05) is 0 Å². The summed E-state index contributed by atoms with van der Waals surface area (Å²) >= 11 is -0.898. The average molecular weight is 542 g/mol. The summed E-state index contributed by atoms with van der Waals surface area (Å²) in [5.74, 6) is 0. The van der Waals surface area contributed by atoms with Gasteiger partial charge in [-0.2, -0.15) is 0 Å². The van der Waals surface area contributed by atoms with Crippen molar-refractivity contribution in [3.63, 3.8) is 0 Å². The fourth-order valence-corrected chi connectivity index (χ4v) is 8.42. The summed E-state index contributed by atoms with van der Waals surface area (Å²) in [6.45, 7) is 0. The molecule has 0 heterocycles. The number of aliphatic hydroxyl groups is 2. The van der Waals surface area contributed by atoms with Crippen LogP contribution in [0.1, 0.15) is 36.2 Å². The van der Waals surface area contributed by atoms with Crippen molar-refractivity contribution in [1.29, 1.82) is 0 Å². The molecule has 0 aliphatic heterocycles. The number of hydrogen-bond donors (Lipinski definition) is 2. The van der Waals surface area contributed by atoms with Crippen LogP contribution in [0.4, 0.5) is 0 Å². The summed E-state index contributed by atoms with van der Waals surface area (Å²) < 4.78 is 7.83. The molecule has 0 aliphatic carbocycles. The first-order chi connectivity index (χ1) is 11.3. The topological polar surface area (TPSA) is 49.7 Å². The van der Waals surface area contributed by atoms with Crippen LogP contribution < -0.4 is 0 Å². The summed E-state index contributed by atoms with van der Waals surface area (Å²) in [6.07, 6.45) is 0.827. The summed E-state index contributed by atoms with van der Waals surface area (Å²) in [5.41, 5.74) is 1.98. The monoisotopic (exact) mass is 546 g/mol. The van der Waals surface area contributed by atoms with Gasteiger partial charge in [0.2, 0.25) is 0 Å². The van der Waals surface area contributed by atoms with Gasteiger partial charge in [0.15, 0.2) is 0 Å². The molecule has 0 spiro atoms. The fraction of sp³-hybridized carbons (Fsp3) is 0.333. The van der Waals surface area contributed by atoms with Crippen molar-refractivity contribution in [1.82, 2.24) is 0 Å². The molecular weight excluding hydrogens is 519 g/mol. The molecule has 2 unspecified atom stereocenters. The molecule has 124 valence electrons. The molecule has 0 aliphatic rings. The number of benzene rings is 2. The molecule has 2 rings (SSSR count). The maximum absolute atomic E-state index is 10.1. The molecule has 2 aromatic rings. The van der Waals surface area contributed by atoms with E-state index in [-0.39, 0.29) is 12.2 Å². The van der Waals surface area contributed by atoms with Crippen molar-refractivity contribution >= 4 is 42.7 Å². The molecule has 5 heteroatoms. The van der Waals surface area contributed by atoms with Crippen LogP contribution in [0, 0.1) is 0 Å². The minimum absolute atomic E-state index is 0.370. The molecule has 0 fully saturated rings. The van der Waals surface area contributed by atoms with Crippen molar-refractivity contribution < 1.29 is 11.7 Å². The molecule has 0 bridgehead atoms. The average Bonchev–Trinajstić information content (AvgIpc) is 2.62. The second-order valence-corrected chi connectivity index (χ2v) is 11.8. The van der Waals surface area contributed by atoms with Crippen molar-refractivity contribution in [3.8, 4) is 0 Å². The first-order valence-corrected chi connectivity index (χ1v) is 12.8. The SMILES string of the molecule is OC(CC[Te]O[Te]CCC(O)c1ccccc1)c1ccccc1. The van der Waals surface area contributed by atoms with Gasteiger partial charge in [-0.05, 0) is 0 Å². The van der Waals surface area contributed by atoms with Crippen molar-refractivity contribution in [2.24, 2.45) is 0 Å². The zero-order chi connectivity index (χ0) is 16.3. The standard InChI is InChI=1S/C18H22O3Te2/c19-17(15-7-3-1-4-8-15)11-13-22-21-23-14-12-18(20)16-9-5-2-6-10-16/h1-10,17-20H,11-14H2. The van der Waals surface area contributed by atoms with Crippen molar-refractivity contribution in [2.45, 2.75) is 34.0 Å². The number of hydrogen-bond acceptors (Lipinski definition) is 3. The zero-order valence-corrected chi connectivity index (χ0v) is 17.5. The summed E-state index contributed by atoms with van der Waals surface area (Å²) in [6, 6.07) is 19.6. The van der Waals surface area contributed by atoms with Crippen LogP contribution in [0.15, 0.2) is 60.7 Å². The number of aliphatic hydroxyl groups excluding tert-OH is 2. The van der Waals surface area contributed by atoms with Crippen LogP contribution >= 0.6 is 0 Å². The van der Waals surface area contributed by atoms with Crippen LogP contribution in [-0.4, -0.2) is 52.9 Å². The molecule has 2 N–H and O–H groups in total. The van der Waals surface area contributed by atoms with Gasteiger partial charge < -0.3 is 0 Å². The quantitative estimate of drug-likeness (QED) is 0.359. The van der Waals surface area contributed by atoms with Crippen LogP contribution in [0.3, 0.4) is 0 Å². The zero-order valence-electron chi connectivity index (χ0n) is 12.9. The van der Waals surface area contributed by atoms with Gasteiger partial charge in [-0.3, -0.25) is 0 Å². The molecule has 3 nitrogen and oxygen atoms in total. The van der Waals surface area contributed by atoms with E-state index in [1.165, 1.54) is 0 Å². The minimum atomic E-state index is -0.449. The molecule has 2 atom stereocenters. The van der Waals surface area contributed by atoms with E-state index in [1.807, 2.05) is 60.7 Å². The van der Waals surface area contributed by atoms with Crippen LogP contribution in [-0.2, 0) is 1.47 Å². The third kappa shape index (κ3) is 7.55.